The maximum Gasteiger partial charge on any atom is 0.250 e. The number of fused-ring (bicyclic) bond motifs is 2. The zero-order valence-corrected chi connectivity index (χ0v) is 13.6. The van der Waals surface area contributed by atoms with Gasteiger partial charge in [0.2, 0.25) is 0 Å². The number of ether oxygens (including phenoxy) is 2. The summed E-state index contributed by atoms with van der Waals surface area (Å²) in [6, 6.07) is 3.13. The largest absolute Gasteiger partial charge is 0.468 e. The molecule has 2 bridgehead atoms. The van der Waals surface area contributed by atoms with E-state index in [1.165, 1.54) is 6.07 Å². The molecule has 1 saturated carbocycles. The Morgan fingerprint density at radius 2 is 2.33 bits per heavy atom. The van der Waals surface area contributed by atoms with Crippen molar-refractivity contribution in [2.45, 2.75) is 37.6 Å². The Hall–Kier alpha value is -1.99. The molecule has 3 atom stereocenters. The monoisotopic (exact) mass is 332 g/mol. The van der Waals surface area contributed by atoms with E-state index in [1.54, 1.807) is 16.9 Å². The number of rotatable bonds is 4. The van der Waals surface area contributed by atoms with E-state index in [2.05, 4.69) is 15.0 Å². The Morgan fingerprint density at radius 3 is 3.12 bits per heavy atom. The quantitative estimate of drug-likeness (QED) is 0.854. The van der Waals surface area contributed by atoms with Gasteiger partial charge in [0.05, 0.1) is 18.9 Å². The molecule has 24 heavy (non-hydrogen) atoms. The molecular weight excluding hydrogens is 311 g/mol. The zero-order chi connectivity index (χ0) is 16.5. The van der Waals surface area contributed by atoms with Gasteiger partial charge < -0.3 is 9.47 Å². The van der Waals surface area contributed by atoms with Crippen LogP contribution in [0.5, 0.6) is 5.88 Å². The fourth-order valence-corrected chi connectivity index (χ4v) is 3.69. The third kappa shape index (κ3) is 3.01. The van der Waals surface area contributed by atoms with E-state index < -0.39 is 5.82 Å². The molecule has 0 spiro atoms. The van der Waals surface area contributed by atoms with Gasteiger partial charge in [0.15, 0.2) is 5.82 Å². The second kappa shape index (κ2) is 6.49. The van der Waals surface area contributed by atoms with Crippen molar-refractivity contribution in [1.82, 2.24) is 19.7 Å². The van der Waals surface area contributed by atoms with E-state index in [1.807, 2.05) is 19.4 Å². The Balaban J connectivity index is 1.54. The lowest BCUT2D eigenvalue weighted by Crippen LogP contribution is -2.44. The van der Waals surface area contributed by atoms with Gasteiger partial charge in [-0.05, 0) is 25.0 Å². The van der Waals surface area contributed by atoms with Crippen molar-refractivity contribution in [1.29, 1.82) is 0 Å². The van der Waals surface area contributed by atoms with Crippen LogP contribution >= 0.6 is 0 Å². The molecule has 1 aliphatic carbocycles. The summed E-state index contributed by atoms with van der Waals surface area (Å²) in [5.74, 6) is -0.369. The molecule has 2 aromatic rings. The Labute approximate surface area is 140 Å². The standard InChI is InChI=1S/C17H21FN4O2/c1-21-10-12(9-20-21)11-22-7-8-23-15-5-4-14(22)16(15)24-17-13(18)3-2-6-19-17/h2-3,6,9-10,14-16H,4-5,7-8,11H2,1H3/t14-,15-,16+/m0/s1. The van der Waals surface area contributed by atoms with Crippen LogP contribution in [0.2, 0.25) is 0 Å². The van der Waals surface area contributed by atoms with Gasteiger partial charge in [0.1, 0.15) is 6.10 Å². The number of aryl methyl sites for hydroxylation is 1. The molecule has 0 amide bonds. The molecule has 0 aromatic carbocycles. The van der Waals surface area contributed by atoms with Gasteiger partial charge in [0, 0.05) is 44.1 Å². The molecule has 2 fully saturated rings. The van der Waals surface area contributed by atoms with E-state index in [9.17, 15) is 4.39 Å². The third-order valence-corrected chi connectivity index (χ3v) is 4.79. The second-order valence-electron chi connectivity index (χ2n) is 6.42. The highest BCUT2D eigenvalue weighted by molar-refractivity contribution is 5.15. The molecule has 1 saturated heterocycles. The van der Waals surface area contributed by atoms with E-state index >= 15 is 0 Å². The highest BCUT2D eigenvalue weighted by Crippen LogP contribution is 2.33. The summed E-state index contributed by atoms with van der Waals surface area (Å²) >= 11 is 0. The molecule has 128 valence electrons. The summed E-state index contributed by atoms with van der Waals surface area (Å²) < 4.78 is 27.6. The van der Waals surface area contributed by atoms with E-state index in [-0.39, 0.29) is 24.1 Å². The first-order valence-corrected chi connectivity index (χ1v) is 8.31. The van der Waals surface area contributed by atoms with Crippen LogP contribution in [0, 0.1) is 5.82 Å². The van der Waals surface area contributed by atoms with Gasteiger partial charge in [-0.15, -0.1) is 0 Å². The van der Waals surface area contributed by atoms with Gasteiger partial charge in [-0.25, -0.2) is 9.37 Å². The third-order valence-electron chi connectivity index (χ3n) is 4.79. The first-order chi connectivity index (χ1) is 11.7. The Kier molecular flexibility index (Phi) is 4.20. The topological polar surface area (TPSA) is 52.4 Å². The van der Waals surface area contributed by atoms with Gasteiger partial charge in [-0.3, -0.25) is 9.58 Å². The summed E-state index contributed by atoms with van der Waals surface area (Å²) in [6.07, 6.45) is 7.14. The van der Waals surface area contributed by atoms with Crippen molar-refractivity contribution < 1.29 is 13.9 Å². The van der Waals surface area contributed by atoms with Crippen LogP contribution in [-0.2, 0) is 18.3 Å². The minimum atomic E-state index is -0.431. The van der Waals surface area contributed by atoms with Crippen molar-refractivity contribution in [2.75, 3.05) is 13.2 Å². The SMILES string of the molecule is Cn1cc(CN2CCO[C@H]3CC[C@H]2[C@H]3Oc2ncccc2F)cn1. The van der Waals surface area contributed by atoms with Crippen molar-refractivity contribution >= 4 is 0 Å². The summed E-state index contributed by atoms with van der Waals surface area (Å²) in [7, 11) is 1.91. The number of halogens is 1. The van der Waals surface area contributed by atoms with Gasteiger partial charge in [-0.1, -0.05) is 0 Å². The molecule has 2 aromatic heterocycles. The molecule has 2 aliphatic rings. The molecule has 0 unspecified atom stereocenters. The maximum absolute atomic E-state index is 13.9. The molecule has 6 nitrogen and oxygen atoms in total. The van der Waals surface area contributed by atoms with Gasteiger partial charge in [0.25, 0.3) is 5.88 Å². The van der Waals surface area contributed by atoms with E-state index in [4.69, 9.17) is 9.47 Å². The van der Waals surface area contributed by atoms with Crippen molar-refractivity contribution in [2.24, 2.45) is 7.05 Å². The van der Waals surface area contributed by atoms with E-state index in [0.717, 1.165) is 31.5 Å². The van der Waals surface area contributed by atoms with Gasteiger partial charge in [-0.2, -0.15) is 5.10 Å². The lowest BCUT2D eigenvalue weighted by Gasteiger charge is -2.30. The highest BCUT2D eigenvalue weighted by atomic mass is 19.1. The van der Waals surface area contributed by atoms with Crippen LogP contribution in [0.3, 0.4) is 0 Å². The Bertz CT molecular complexity index is 707. The first-order valence-electron chi connectivity index (χ1n) is 8.31. The number of hydrogen-bond donors (Lipinski definition) is 0. The van der Waals surface area contributed by atoms with Crippen molar-refractivity contribution in [3.63, 3.8) is 0 Å². The minimum Gasteiger partial charge on any atom is -0.468 e. The number of hydrogen-bond acceptors (Lipinski definition) is 5. The fraction of sp³-hybridized carbons (Fsp3) is 0.529. The van der Waals surface area contributed by atoms with Crippen molar-refractivity contribution in [3.05, 3.63) is 42.1 Å². The molecular formula is C17H21FN4O2. The van der Waals surface area contributed by atoms with Crippen LogP contribution in [0.1, 0.15) is 18.4 Å². The number of aromatic nitrogens is 3. The predicted molar refractivity (Wildman–Crippen MR) is 85.0 cm³/mol. The number of nitrogens with zero attached hydrogens (tertiary/aromatic N) is 4. The Morgan fingerprint density at radius 1 is 1.42 bits per heavy atom. The van der Waals surface area contributed by atoms with Crippen LogP contribution in [0.25, 0.3) is 0 Å². The average Bonchev–Trinajstić information content (AvgIpc) is 3.09. The maximum atomic E-state index is 13.9. The summed E-state index contributed by atoms with van der Waals surface area (Å²) in [5.41, 5.74) is 1.16. The molecule has 4 rings (SSSR count). The first kappa shape index (κ1) is 15.5. The highest BCUT2D eigenvalue weighted by Gasteiger charge is 2.44. The fourth-order valence-electron chi connectivity index (χ4n) is 3.69. The molecule has 7 heteroatoms. The lowest BCUT2D eigenvalue weighted by atomic mass is 10.1. The lowest BCUT2D eigenvalue weighted by molar-refractivity contribution is 0.000138. The second-order valence-corrected chi connectivity index (χ2v) is 6.42. The van der Waals surface area contributed by atoms with Crippen LogP contribution < -0.4 is 4.74 Å². The minimum absolute atomic E-state index is 0.00435. The molecule has 0 N–H and O–H groups in total. The van der Waals surface area contributed by atoms with Crippen molar-refractivity contribution in [3.8, 4) is 5.88 Å². The normalized spacial score (nSPS) is 27.2. The molecule has 3 heterocycles. The summed E-state index contributed by atoms with van der Waals surface area (Å²) in [4.78, 5) is 6.38. The average molecular weight is 332 g/mol. The summed E-state index contributed by atoms with van der Waals surface area (Å²) in [5, 5.41) is 4.23. The molecule has 1 aliphatic heterocycles. The predicted octanol–water partition coefficient (Wildman–Crippen LogP) is 1.76. The summed E-state index contributed by atoms with van der Waals surface area (Å²) in [6.45, 7) is 2.28. The zero-order valence-electron chi connectivity index (χ0n) is 13.6. The van der Waals surface area contributed by atoms with Gasteiger partial charge >= 0.3 is 0 Å². The van der Waals surface area contributed by atoms with Crippen LogP contribution in [0.4, 0.5) is 4.39 Å². The smallest absolute Gasteiger partial charge is 0.250 e. The van der Waals surface area contributed by atoms with Crippen LogP contribution in [0.15, 0.2) is 30.7 Å². The van der Waals surface area contributed by atoms with Crippen LogP contribution in [-0.4, -0.2) is 51.1 Å². The number of pyridine rings is 1. The molecule has 0 radical (unpaired) electrons. The van der Waals surface area contributed by atoms with E-state index in [0.29, 0.717) is 6.61 Å².